The molecule has 1 aliphatic rings. The minimum Gasteiger partial charge on any atom is -0.355 e. The minimum atomic E-state index is -0.750. The van der Waals surface area contributed by atoms with Gasteiger partial charge in [0.15, 0.2) is 0 Å². The third-order valence-corrected chi connectivity index (χ3v) is 2.79. The van der Waals surface area contributed by atoms with Crippen molar-refractivity contribution in [3.05, 3.63) is 29.3 Å². The number of carbonyl (C=O) groups excluding carboxylic acids is 2. The van der Waals surface area contributed by atoms with Crippen molar-refractivity contribution in [2.45, 2.75) is 19.3 Å². The molecule has 0 saturated carbocycles. The number of benzene rings is 1. The van der Waals surface area contributed by atoms with Gasteiger partial charge in [0.25, 0.3) is 0 Å². The number of carbonyl (C=O) groups is 2. The predicted molar refractivity (Wildman–Crippen MR) is 61.0 cm³/mol. The first-order chi connectivity index (χ1) is 8.47. The summed E-state index contributed by atoms with van der Waals surface area (Å²) in [5.41, 5.74) is -0.0408. The lowest BCUT2D eigenvalue weighted by molar-refractivity contribution is -0.119. The van der Waals surface area contributed by atoms with E-state index in [0.717, 1.165) is 12.1 Å². The van der Waals surface area contributed by atoms with E-state index in [2.05, 4.69) is 10.6 Å². The molecule has 1 atom stereocenters. The zero-order chi connectivity index (χ0) is 13.3. The summed E-state index contributed by atoms with van der Waals surface area (Å²) in [6.07, 6.45) is 0.0767. The minimum absolute atomic E-state index is 0.0681. The molecular formula is C12H12F2N2O2. The molecule has 0 aliphatic carbocycles. The van der Waals surface area contributed by atoms with Gasteiger partial charge >= 0.3 is 0 Å². The Morgan fingerprint density at radius 1 is 1.39 bits per heavy atom. The quantitative estimate of drug-likeness (QED) is 0.840. The van der Waals surface area contributed by atoms with Crippen LogP contribution in [0.25, 0.3) is 0 Å². The van der Waals surface area contributed by atoms with E-state index >= 15 is 0 Å². The Morgan fingerprint density at radius 3 is 2.44 bits per heavy atom. The summed E-state index contributed by atoms with van der Waals surface area (Å²) >= 11 is 0. The Labute approximate surface area is 102 Å². The van der Waals surface area contributed by atoms with Gasteiger partial charge in [0.1, 0.15) is 11.6 Å². The maximum atomic E-state index is 13.8. The molecule has 2 rings (SSSR count). The Hall–Kier alpha value is -1.98. The number of hydrogen-bond donors (Lipinski definition) is 2. The Bertz CT molecular complexity index is 494. The number of halogens is 2. The lowest BCUT2D eigenvalue weighted by Crippen LogP contribution is -2.14. The Kier molecular flexibility index (Phi) is 3.27. The normalized spacial score (nSPS) is 18.6. The van der Waals surface area contributed by atoms with Gasteiger partial charge in [0.05, 0.1) is 0 Å². The Morgan fingerprint density at radius 2 is 2.00 bits per heavy atom. The second kappa shape index (κ2) is 4.72. The van der Waals surface area contributed by atoms with E-state index in [1.807, 2.05) is 0 Å². The number of anilines is 1. The first-order valence-electron chi connectivity index (χ1n) is 5.50. The zero-order valence-corrected chi connectivity index (χ0v) is 9.72. The summed E-state index contributed by atoms with van der Waals surface area (Å²) in [5, 5.41) is 4.84. The van der Waals surface area contributed by atoms with E-state index in [1.165, 1.54) is 6.92 Å². The van der Waals surface area contributed by atoms with Crippen LogP contribution in [0.15, 0.2) is 12.1 Å². The van der Waals surface area contributed by atoms with Crippen LogP contribution >= 0.6 is 0 Å². The van der Waals surface area contributed by atoms with Crippen LogP contribution in [0.2, 0.25) is 0 Å². The molecule has 0 spiro atoms. The van der Waals surface area contributed by atoms with Gasteiger partial charge in [-0.05, 0) is 12.1 Å². The second-order valence-corrected chi connectivity index (χ2v) is 4.24. The largest absolute Gasteiger partial charge is 0.355 e. The Balaban J connectivity index is 2.32. The van der Waals surface area contributed by atoms with Crippen LogP contribution in [0.1, 0.15) is 24.8 Å². The topological polar surface area (TPSA) is 58.2 Å². The maximum absolute atomic E-state index is 13.8. The smallest absolute Gasteiger partial charge is 0.221 e. The summed E-state index contributed by atoms with van der Waals surface area (Å²) in [4.78, 5) is 21.9. The van der Waals surface area contributed by atoms with Crippen LogP contribution in [0.5, 0.6) is 0 Å². The fourth-order valence-corrected chi connectivity index (χ4v) is 2.06. The molecule has 4 nitrogen and oxygen atoms in total. The van der Waals surface area contributed by atoms with Crippen LogP contribution < -0.4 is 10.6 Å². The van der Waals surface area contributed by atoms with Gasteiger partial charge in [0, 0.05) is 37.1 Å². The molecule has 6 heteroatoms. The molecule has 1 aromatic carbocycles. The SMILES string of the molecule is CC(=O)Nc1cc(F)c(C2CNC(=O)C2)c(F)c1. The molecule has 0 radical (unpaired) electrons. The number of amides is 2. The van der Waals surface area contributed by atoms with Crippen LogP contribution in [-0.4, -0.2) is 18.4 Å². The van der Waals surface area contributed by atoms with E-state index in [4.69, 9.17) is 0 Å². The van der Waals surface area contributed by atoms with Gasteiger partial charge in [-0.25, -0.2) is 8.78 Å². The monoisotopic (exact) mass is 254 g/mol. The van der Waals surface area contributed by atoms with Gasteiger partial charge in [-0.3, -0.25) is 9.59 Å². The summed E-state index contributed by atoms with van der Waals surface area (Å²) in [7, 11) is 0. The fourth-order valence-electron chi connectivity index (χ4n) is 2.06. The van der Waals surface area contributed by atoms with Gasteiger partial charge in [0.2, 0.25) is 11.8 Å². The highest BCUT2D eigenvalue weighted by atomic mass is 19.1. The van der Waals surface area contributed by atoms with Gasteiger partial charge in [-0.1, -0.05) is 0 Å². The fraction of sp³-hybridized carbons (Fsp3) is 0.333. The van der Waals surface area contributed by atoms with Crippen molar-refractivity contribution >= 4 is 17.5 Å². The summed E-state index contributed by atoms with van der Waals surface area (Å²) in [5.74, 6) is -2.62. The molecule has 0 bridgehead atoms. The zero-order valence-electron chi connectivity index (χ0n) is 9.72. The molecular weight excluding hydrogens is 242 g/mol. The van der Waals surface area contributed by atoms with E-state index in [1.54, 1.807) is 0 Å². The van der Waals surface area contributed by atoms with Crippen molar-refractivity contribution < 1.29 is 18.4 Å². The van der Waals surface area contributed by atoms with Crippen LogP contribution in [0, 0.1) is 11.6 Å². The van der Waals surface area contributed by atoms with E-state index in [9.17, 15) is 18.4 Å². The van der Waals surface area contributed by atoms with Gasteiger partial charge in [-0.15, -0.1) is 0 Å². The highest BCUT2D eigenvalue weighted by Crippen LogP contribution is 2.30. The molecule has 1 heterocycles. The molecule has 1 fully saturated rings. The molecule has 1 aliphatic heterocycles. The van der Waals surface area contributed by atoms with Crippen molar-refractivity contribution in [3.63, 3.8) is 0 Å². The number of rotatable bonds is 2. The predicted octanol–water partition coefficient (Wildman–Crippen LogP) is 1.53. The third kappa shape index (κ3) is 2.47. The highest BCUT2D eigenvalue weighted by molar-refractivity contribution is 5.88. The molecule has 1 unspecified atom stereocenters. The first-order valence-corrected chi connectivity index (χ1v) is 5.50. The lowest BCUT2D eigenvalue weighted by atomic mass is 9.96. The van der Waals surface area contributed by atoms with Crippen LogP contribution in [0.3, 0.4) is 0 Å². The summed E-state index contributed by atoms with van der Waals surface area (Å²) in [6.45, 7) is 1.48. The summed E-state index contributed by atoms with van der Waals surface area (Å²) in [6, 6.07) is 2.12. The third-order valence-electron chi connectivity index (χ3n) is 2.79. The molecule has 96 valence electrons. The van der Waals surface area contributed by atoms with E-state index < -0.39 is 23.5 Å². The van der Waals surface area contributed by atoms with Crippen molar-refractivity contribution in [1.82, 2.24) is 5.32 Å². The van der Waals surface area contributed by atoms with Crippen molar-refractivity contribution in [1.29, 1.82) is 0 Å². The molecule has 1 saturated heterocycles. The lowest BCUT2D eigenvalue weighted by Gasteiger charge is -2.12. The van der Waals surface area contributed by atoms with Crippen molar-refractivity contribution in [2.75, 3.05) is 11.9 Å². The standard InChI is InChI=1S/C12H12F2N2O2/c1-6(17)16-8-3-9(13)12(10(14)4-8)7-2-11(18)15-5-7/h3-4,7H,2,5H2,1H3,(H,15,18)(H,16,17). The van der Waals surface area contributed by atoms with Crippen LogP contribution in [-0.2, 0) is 9.59 Å². The molecule has 18 heavy (non-hydrogen) atoms. The van der Waals surface area contributed by atoms with Gasteiger partial charge < -0.3 is 10.6 Å². The molecule has 0 aromatic heterocycles. The average Bonchev–Trinajstić information content (AvgIpc) is 2.62. The summed E-state index contributed by atoms with van der Waals surface area (Å²) < 4.78 is 27.6. The van der Waals surface area contributed by atoms with Crippen molar-refractivity contribution in [2.24, 2.45) is 0 Å². The van der Waals surface area contributed by atoms with Crippen LogP contribution in [0.4, 0.5) is 14.5 Å². The van der Waals surface area contributed by atoms with E-state index in [-0.39, 0.29) is 30.1 Å². The van der Waals surface area contributed by atoms with Gasteiger partial charge in [-0.2, -0.15) is 0 Å². The van der Waals surface area contributed by atoms with Crippen molar-refractivity contribution in [3.8, 4) is 0 Å². The van der Waals surface area contributed by atoms with E-state index in [0.29, 0.717) is 0 Å². The number of hydrogen-bond acceptors (Lipinski definition) is 2. The maximum Gasteiger partial charge on any atom is 0.221 e. The highest BCUT2D eigenvalue weighted by Gasteiger charge is 2.28. The number of nitrogens with one attached hydrogen (secondary N) is 2. The average molecular weight is 254 g/mol. The molecule has 2 N–H and O–H groups in total. The molecule has 1 aromatic rings. The first kappa shape index (κ1) is 12.5. The molecule has 2 amide bonds. The second-order valence-electron chi connectivity index (χ2n) is 4.24.